The average Bonchev–Trinajstić information content (AvgIpc) is 2.72. The second-order valence-electron chi connectivity index (χ2n) is 5.22. The number of fused-ring (bicyclic) bond motifs is 1. The first-order valence-corrected chi connectivity index (χ1v) is 6.42. The fourth-order valence-electron chi connectivity index (χ4n) is 2.53. The molecule has 96 valence electrons. The van der Waals surface area contributed by atoms with Gasteiger partial charge in [-0.05, 0) is 36.4 Å². The van der Waals surface area contributed by atoms with Crippen LogP contribution in [0.3, 0.4) is 0 Å². The molecule has 0 aromatic heterocycles. The topological polar surface area (TPSA) is 20.5 Å². The van der Waals surface area contributed by atoms with Gasteiger partial charge in [-0.15, -0.1) is 0 Å². The number of benzene rings is 2. The van der Waals surface area contributed by atoms with Crippen molar-refractivity contribution in [3.05, 3.63) is 65.2 Å². The first kappa shape index (κ1) is 12.0. The summed E-state index contributed by atoms with van der Waals surface area (Å²) in [5, 5.41) is 0. The van der Waals surface area contributed by atoms with Crippen LogP contribution in [0.15, 0.2) is 48.5 Å². The van der Waals surface area contributed by atoms with Gasteiger partial charge in [-0.1, -0.05) is 12.1 Å². The number of carbonyl (C=O) groups excluding carboxylic acids is 1. The summed E-state index contributed by atoms with van der Waals surface area (Å²) in [6, 6.07) is 16.3. The zero-order valence-corrected chi connectivity index (χ0v) is 11.4. The zero-order valence-electron chi connectivity index (χ0n) is 11.4. The van der Waals surface area contributed by atoms with Crippen molar-refractivity contribution in [3.8, 4) is 5.75 Å². The molecule has 0 amide bonds. The van der Waals surface area contributed by atoms with Gasteiger partial charge in [-0.25, -0.2) is 4.42 Å². The van der Waals surface area contributed by atoms with E-state index in [1.165, 1.54) is 11.1 Å². The Morgan fingerprint density at radius 1 is 0.947 bits per heavy atom. The Labute approximate surface area is 113 Å². The van der Waals surface area contributed by atoms with Crippen LogP contribution in [0, 0.1) is 0 Å². The highest BCUT2D eigenvalue weighted by Gasteiger charge is 2.44. The van der Waals surface area contributed by atoms with Gasteiger partial charge < -0.3 is 4.74 Å². The number of rotatable bonds is 2. The second-order valence-corrected chi connectivity index (χ2v) is 5.22. The molecule has 3 rings (SSSR count). The smallest absolute Gasteiger partial charge is 0.359 e. The highest BCUT2D eigenvalue weighted by Crippen LogP contribution is 2.35. The van der Waals surface area contributed by atoms with Crippen molar-refractivity contribution in [2.45, 2.75) is 19.4 Å². The van der Waals surface area contributed by atoms with Crippen molar-refractivity contribution in [2.24, 2.45) is 0 Å². The van der Waals surface area contributed by atoms with E-state index in [0.29, 0.717) is 0 Å². The maximum atomic E-state index is 6.15. The highest BCUT2D eigenvalue weighted by molar-refractivity contribution is 6.11. The molecule has 2 heteroatoms. The summed E-state index contributed by atoms with van der Waals surface area (Å²) in [6.45, 7) is 4.20. The quantitative estimate of drug-likeness (QED) is 0.747. The van der Waals surface area contributed by atoms with E-state index >= 15 is 0 Å². The largest absolute Gasteiger partial charge is 0.497 e. The monoisotopic (exact) mass is 253 g/mol. The molecule has 0 N–H and O–H groups in total. The fourth-order valence-corrected chi connectivity index (χ4v) is 2.53. The molecule has 0 unspecified atom stereocenters. The molecule has 0 atom stereocenters. The van der Waals surface area contributed by atoms with E-state index in [4.69, 9.17) is 9.16 Å². The highest BCUT2D eigenvalue weighted by atomic mass is 16.5. The predicted molar refractivity (Wildman–Crippen MR) is 75.9 cm³/mol. The van der Waals surface area contributed by atoms with Gasteiger partial charge in [0.2, 0.25) is 0 Å². The number of hydrogen-bond donors (Lipinski definition) is 0. The third-order valence-corrected chi connectivity index (χ3v) is 3.53. The molecule has 19 heavy (non-hydrogen) atoms. The molecule has 0 saturated heterocycles. The van der Waals surface area contributed by atoms with E-state index in [0.717, 1.165) is 17.1 Å². The number of hydrogen-bond acceptors (Lipinski definition) is 1. The molecule has 0 bridgehead atoms. The van der Waals surface area contributed by atoms with Crippen LogP contribution in [0.1, 0.15) is 35.0 Å². The lowest BCUT2D eigenvalue weighted by Crippen LogP contribution is -2.10. The molecule has 0 radical (unpaired) electrons. The minimum Gasteiger partial charge on any atom is -0.497 e. The molecule has 0 spiro atoms. The first-order chi connectivity index (χ1) is 9.12. The summed E-state index contributed by atoms with van der Waals surface area (Å²) >= 11 is 0. The van der Waals surface area contributed by atoms with Gasteiger partial charge in [0.15, 0.2) is 0 Å². The van der Waals surface area contributed by atoms with Gasteiger partial charge >= 0.3 is 11.4 Å². The van der Waals surface area contributed by atoms with Gasteiger partial charge in [0, 0.05) is 13.8 Å². The average molecular weight is 253 g/mol. The van der Waals surface area contributed by atoms with E-state index in [2.05, 4.69) is 32.0 Å². The van der Waals surface area contributed by atoms with Crippen LogP contribution < -0.4 is 4.74 Å². The number of methoxy groups -OCH3 is 1. The van der Waals surface area contributed by atoms with Crippen molar-refractivity contribution in [2.75, 3.05) is 7.11 Å². The molecule has 0 aliphatic carbocycles. The molecule has 1 heterocycles. The van der Waals surface area contributed by atoms with Crippen LogP contribution in [0.25, 0.3) is 0 Å². The van der Waals surface area contributed by atoms with E-state index < -0.39 is 0 Å². The van der Waals surface area contributed by atoms with Gasteiger partial charge in [0.25, 0.3) is 0 Å². The third kappa shape index (κ3) is 1.93. The molecule has 2 aromatic rings. The summed E-state index contributed by atoms with van der Waals surface area (Å²) < 4.78 is 11.3. The molecular formula is C17H17O2+. The Hall–Kier alpha value is -2.09. The Morgan fingerprint density at radius 3 is 2.32 bits per heavy atom. The van der Waals surface area contributed by atoms with Crippen molar-refractivity contribution in [3.63, 3.8) is 0 Å². The lowest BCUT2D eigenvalue weighted by atomic mass is 9.92. The summed E-state index contributed by atoms with van der Waals surface area (Å²) in [5.41, 5.74) is 3.23. The fraction of sp³-hybridized carbons (Fsp3) is 0.235. The lowest BCUT2D eigenvalue weighted by molar-refractivity contribution is -0.378. The number of ketones is 1. The Morgan fingerprint density at radius 2 is 1.63 bits per heavy atom. The molecule has 2 nitrogen and oxygen atoms in total. The second kappa shape index (κ2) is 4.23. The first-order valence-electron chi connectivity index (χ1n) is 6.42. The molecular weight excluding hydrogens is 236 g/mol. The zero-order chi connectivity index (χ0) is 13.5. The molecule has 0 fully saturated rings. The van der Waals surface area contributed by atoms with E-state index in [-0.39, 0.29) is 5.60 Å². The maximum Gasteiger partial charge on any atom is 0.359 e. The Balaban J connectivity index is 2.11. The lowest BCUT2D eigenvalue weighted by Gasteiger charge is -2.03. The van der Waals surface area contributed by atoms with Crippen LogP contribution in [0.4, 0.5) is 0 Å². The Kier molecular flexibility index (Phi) is 2.67. The maximum absolute atomic E-state index is 6.15. The number of ether oxygens (including phenoxy) is 1. The van der Waals surface area contributed by atoms with Crippen LogP contribution in [-0.2, 0) is 5.60 Å². The Bertz CT molecular complexity index is 637. The third-order valence-electron chi connectivity index (χ3n) is 3.53. The normalized spacial score (nSPS) is 15.8. The van der Waals surface area contributed by atoms with Gasteiger partial charge in [-0.3, -0.25) is 0 Å². The summed E-state index contributed by atoms with van der Waals surface area (Å²) in [6.07, 6.45) is 0. The summed E-state index contributed by atoms with van der Waals surface area (Å²) in [7, 11) is 1.67. The van der Waals surface area contributed by atoms with E-state index in [1.807, 2.05) is 30.3 Å². The standard InChI is InChI=1S/C17H17O2/c1-17(2)15-7-5-4-6-14(15)16(19-17)12-8-10-13(18-3)11-9-12/h4-11H,1-3H3/q+1. The molecule has 0 saturated carbocycles. The minimum absolute atomic E-state index is 0.272. The van der Waals surface area contributed by atoms with Crippen molar-refractivity contribution < 1.29 is 9.16 Å². The van der Waals surface area contributed by atoms with Gasteiger partial charge in [0.1, 0.15) is 5.75 Å². The summed E-state index contributed by atoms with van der Waals surface area (Å²) in [4.78, 5) is 0. The van der Waals surface area contributed by atoms with Crippen molar-refractivity contribution >= 4 is 5.78 Å². The summed E-state index contributed by atoms with van der Waals surface area (Å²) in [5.74, 6) is 1.80. The van der Waals surface area contributed by atoms with Gasteiger partial charge in [-0.2, -0.15) is 0 Å². The minimum atomic E-state index is -0.272. The predicted octanol–water partition coefficient (Wildman–Crippen LogP) is 3.71. The van der Waals surface area contributed by atoms with Crippen LogP contribution in [0.2, 0.25) is 0 Å². The van der Waals surface area contributed by atoms with Gasteiger partial charge in [0.05, 0.1) is 23.8 Å². The van der Waals surface area contributed by atoms with Crippen LogP contribution >= 0.6 is 0 Å². The van der Waals surface area contributed by atoms with Crippen molar-refractivity contribution in [1.82, 2.24) is 0 Å². The SMILES string of the molecule is COc1ccc(C2=[O+]C(C)(C)c3ccccc32)cc1. The van der Waals surface area contributed by atoms with E-state index in [1.54, 1.807) is 7.11 Å². The van der Waals surface area contributed by atoms with Crippen LogP contribution in [-0.4, -0.2) is 12.9 Å². The molecule has 1 aliphatic rings. The molecule has 1 aliphatic heterocycles. The molecule has 2 aromatic carbocycles. The van der Waals surface area contributed by atoms with Crippen molar-refractivity contribution in [1.29, 1.82) is 0 Å². The van der Waals surface area contributed by atoms with E-state index in [9.17, 15) is 0 Å². The van der Waals surface area contributed by atoms with Crippen LogP contribution in [0.5, 0.6) is 5.75 Å².